The lowest BCUT2D eigenvalue weighted by Gasteiger charge is -2.09. The van der Waals surface area contributed by atoms with E-state index in [2.05, 4.69) is 22.1 Å². The molecule has 1 aliphatic carbocycles. The molecule has 0 radical (unpaired) electrons. The number of benzene rings is 1. The molecular weight excluding hydrogens is 256 g/mol. The summed E-state index contributed by atoms with van der Waals surface area (Å²) in [5.74, 6) is 1.78. The van der Waals surface area contributed by atoms with E-state index in [-0.39, 0.29) is 0 Å². The van der Waals surface area contributed by atoms with Crippen LogP contribution in [0.3, 0.4) is 0 Å². The van der Waals surface area contributed by atoms with Gasteiger partial charge in [0.05, 0.1) is 11.8 Å². The molecule has 3 rings (SSSR count). The maximum absolute atomic E-state index is 5.75. The molecule has 1 heterocycles. The number of aromatic amines is 1. The molecule has 4 heteroatoms. The third-order valence-corrected chi connectivity index (χ3v) is 3.64. The molecular formula is C15H16N2OS. The van der Waals surface area contributed by atoms with Crippen LogP contribution >= 0.6 is 12.2 Å². The molecule has 0 unspecified atom stereocenters. The van der Waals surface area contributed by atoms with Gasteiger partial charge in [0, 0.05) is 5.56 Å². The molecule has 3 nitrogen and oxygen atoms in total. The second kappa shape index (κ2) is 4.78. The smallest absolute Gasteiger partial charge is 0.133 e. The molecule has 0 saturated heterocycles. The van der Waals surface area contributed by atoms with Crippen LogP contribution in [0.4, 0.5) is 0 Å². The number of hydrogen-bond acceptors (Lipinski definition) is 3. The van der Waals surface area contributed by atoms with Crippen LogP contribution in [0.5, 0.6) is 5.75 Å². The van der Waals surface area contributed by atoms with Gasteiger partial charge in [-0.1, -0.05) is 12.2 Å². The second-order valence-corrected chi connectivity index (χ2v) is 5.36. The second-order valence-electron chi connectivity index (χ2n) is 4.97. The highest BCUT2D eigenvalue weighted by Gasteiger charge is 2.23. The maximum atomic E-state index is 5.75. The lowest BCUT2D eigenvalue weighted by atomic mass is 10.1. The summed E-state index contributed by atoms with van der Waals surface area (Å²) in [6, 6.07) is 8.15. The third-order valence-electron chi connectivity index (χ3n) is 3.24. The Labute approximate surface area is 117 Å². The molecule has 0 atom stereocenters. The van der Waals surface area contributed by atoms with Crippen LogP contribution in [-0.2, 0) is 0 Å². The summed E-state index contributed by atoms with van der Waals surface area (Å²) in [7, 11) is 0. The fraction of sp³-hybridized carbons (Fsp3) is 0.333. The number of H-pyrrole nitrogens is 1. The zero-order valence-corrected chi connectivity index (χ0v) is 11.9. The Morgan fingerprint density at radius 3 is 2.53 bits per heavy atom. The summed E-state index contributed by atoms with van der Waals surface area (Å²) >= 11 is 5.26. The van der Waals surface area contributed by atoms with Crippen LogP contribution in [0.1, 0.15) is 24.2 Å². The number of nitrogens with one attached hydrogen (secondary N) is 1. The molecule has 0 bridgehead atoms. The van der Waals surface area contributed by atoms with Gasteiger partial charge in [-0.15, -0.1) is 0 Å². The number of aromatic nitrogens is 2. The predicted molar refractivity (Wildman–Crippen MR) is 78.0 cm³/mol. The van der Waals surface area contributed by atoms with Crippen molar-refractivity contribution in [1.82, 2.24) is 9.97 Å². The minimum atomic E-state index is 0.432. The van der Waals surface area contributed by atoms with E-state index in [1.165, 1.54) is 12.8 Å². The van der Waals surface area contributed by atoms with E-state index in [0.29, 0.717) is 10.7 Å². The van der Waals surface area contributed by atoms with Gasteiger partial charge >= 0.3 is 0 Å². The molecule has 1 aromatic carbocycles. The van der Waals surface area contributed by atoms with Crippen LogP contribution in [0.25, 0.3) is 11.3 Å². The van der Waals surface area contributed by atoms with Gasteiger partial charge < -0.3 is 9.72 Å². The summed E-state index contributed by atoms with van der Waals surface area (Å²) in [5.41, 5.74) is 3.16. The Bertz CT molecular complexity index is 657. The van der Waals surface area contributed by atoms with Gasteiger partial charge in [-0.2, -0.15) is 0 Å². The molecule has 1 aromatic heterocycles. The Morgan fingerprint density at radius 1 is 1.21 bits per heavy atom. The van der Waals surface area contributed by atoms with Gasteiger partial charge in [0.1, 0.15) is 16.2 Å². The van der Waals surface area contributed by atoms with Gasteiger partial charge in [0.2, 0.25) is 0 Å². The summed E-state index contributed by atoms with van der Waals surface area (Å²) in [4.78, 5) is 7.55. The number of aryl methyl sites for hydroxylation is 1. The molecule has 1 saturated carbocycles. The van der Waals surface area contributed by atoms with Gasteiger partial charge in [-0.25, -0.2) is 4.98 Å². The number of rotatable bonds is 3. The maximum Gasteiger partial charge on any atom is 0.133 e. The first kappa shape index (κ1) is 12.4. The quantitative estimate of drug-likeness (QED) is 0.859. The van der Waals surface area contributed by atoms with Crippen LogP contribution < -0.4 is 4.74 Å². The van der Waals surface area contributed by atoms with Gasteiger partial charge in [0.25, 0.3) is 0 Å². The highest BCUT2D eigenvalue weighted by molar-refractivity contribution is 7.71. The van der Waals surface area contributed by atoms with Gasteiger partial charge in [-0.05, 0) is 56.5 Å². The average Bonchev–Trinajstić information content (AvgIpc) is 3.19. The standard InChI is InChI=1S/C15H16N2OS/c1-9-14(16-10(2)17-15(9)19)11-3-5-12(6-4-11)18-13-7-8-13/h3-6,13H,7-8H2,1-2H3,(H,16,17,19). The van der Waals surface area contributed by atoms with Crippen molar-refractivity contribution < 1.29 is 4.74 Å². The Balaban J connectivity index is 1.95. The monoisotopic (exact) mass is 272 g/mol. The fourth-order valence-corrected chi connectivity index (χ4v) is 2.25. The van der Waals surface area contributed by atoms with E-state index in [0.717, 1.165) is 28.4 Å². The molecule has 0 spiro atoms. The summed E-state index contributed by atoms with van der Waals surface area (Å²) in [5, 5.41) is 0. The van der Waals surface area contributed by atoms with Crippen molar-refractivity contribution in [3.05, 3.63) is 40.3 Å². The first-order valence-electron chi connectivity index (χ1n) is 6.48. The van der Waals surface area contributed by atoms with Crippen molar-refractivity contribution in [2.45, 2.75) is 32.8 Å². The highest BCUT2D eigenvalue weighted by Crippen LogP contribution is 2.29. The average molecular weight is 272 g/mol. The molecule has 0 aliphatic heterocycles. The third kappa shape index (κ3) is 2.68. The molecule has 1 fully saturated rings. The van der Waals surface area contributed by atoms with E-state index in [4.69, 9.17) is 17.0 Å². The molecule has 1 aliphatic rings. The van der Waals surface area contributed by atoms with Crippen LogP contribution in [0.15, 0.2) is 24.3 Å². The van der Waals surface area contributed by atoms with E-state index in [1.54, 1.807) is 0 Å². The minimum Gasteiger partial charge on any atom is -0.490 e. The minimum absolute atomic E-state index is 0.432. The van der Waals surface area contributed by atoms with Crippen LogP contribution in [-0.4, -0.2) is 16.1 Å². The molecule has 98 valence electrons. The fourth-order valence-electron chi connectivity index (χ4n) is 2.01. The number of hydrogen-bond donors (Lipinski definition) is 1. The Kier molecular flexibility index (Phi) is 3.11. The Hall–Kier alpha value is -1.68. The van der Waals surface area contributed by atoms with E-state index in [1.807, 2.05) is 26.0 Å². The molecule has 2 aromatic rings. The Morgan fingerprint density at radius 2 is 1.89 bits per heavy atom. The van der Waals surface area contributed by atoms with Crippen LogP contribution in [0.2, 0.25) is 0 Å². The zero-order valence-electron chi connectivity index (χ0n) is 11.1. The van der Waals surface area contributed by atoms with Crippen molar-refractivity contribution in [3.63, 3.8) is 0 Å². The highest BCUT2D eigenvalue weighted by atomic mass is 32.1. The largest absolute Gasteiger partial charge is 0.490 e. The normalized spacial score (nSPS) is 14.4. The van der Waals surface area contributed by atoms with Crippen LogP contribution in [0, 0.1) is 18.5 Å². The van der Waals surface area contributed by atoms with E-state index < -0.39 is 0 Å². The van der Waals surface area contributed by atoms with Crippen molar-refractivity contribution in [3.8, 4) is 17.0 Å². The summed E-state index contributed by atoms with van der Waals surface area (Å²) < 4.78 is 6.41. The summed E-state index contributed by atoms with van der Waals surface area (Å²) in [6.07, 6.45) is 2.79. The first-order valence-corrected chi connectivity index (χ1v) is 6.89. The van der Waals surface area contributed by atoms with E-state index in [9.17, 15) is 0 Å². The SMILES string of the molecule is Cc1nc(=S)c(C)c(-c2ccc(OC3CC3)cc2)[nH]1. The molecule has 1 N–H and O–H groups in total. The van der Waals surface area contributed by atoms with E-state index >= 15 is 0 Å². The van der Waals surface area contributed by atoms with Gasteiger partial charge in [0.15, 0.2) is 0 Å². The van der Waals surface area contributed by atoms with Crippen molar-refractivity contribution >= 4 is 12.2 Å². The van der Waals surface area contributed by atoms with Crippen molar-refractivity contribution in [2.75, 3.05) is 0 Å². The lowest BCUT2D eigenvalue weighted by molar-refractivity contribution is 0.303. The zero-order chi connectivity index (χ0) is 13.4. The summed E-state index contributed by atoms with van der Waals surface area (Å²) in [6.45, 7) is 3.92. The predicted octanol–water partition coefficient (Wildman–Crippen LogP) is 3.96. The number of ether oxygens (including phenoxy) is 1. The van der Waals surface area contributed by atoms with Crippen molar-refractivity contribution in [1.29, 1.82) is 0 Å². The van der Waals surface area contributed by atoms with Gasteiger partial charge in [-0.3, -0.25) is 0 Å². The lowest BCUT2D eigenvalue weighted by Crippen LogP contribution is -1.97. The van der Waals surface area contributed by atoms with Crippen molar-refractivity contribution in [2.24, 2.45) is 0 Å². The topological polar surface area (TPSA) is 37.9 Å². The molecule has 19 heavy (non-hydrogen) atoms. The number of nitrogens with zero attached hydrogens (tertiary/aromatic N) is 1. The first-order chi connectivity index (χ1) is 9.13. The molecule has 0 amide bonds.